The average Bonchev–Trinajstić information content (AvgIpc) is 3.61. The van der Waals surface area contributed by atoms with E-state index in [0.717, 1.165) is 0 Å². The summed E-state index contributed by atoms with van der Waals surface area (Å²) < 4.78 is 40.6. The van der Waals surface area contributed by atoms with Gasteiger partial charge in [-0.15, -0.1) is 0 Å². The summed E-state index contributed by atoms with van der Waals surface area (Å²) in [6.07, 6.45) is 3.88. The number of carbonyl (C=O) groups is 3. The van der Waals surface area contributed by atoms with E-state index in [0.29, 0.717) is 31.6 Å². The van der Waals surface area contributed by atoms with Gasteiger partial charge in [0.25, 0.3) is 5.91 Å². The number of aliphatic hydroxyl groups is 3. The molecule has 3 aliphatic heterocycles. The minimum Gasteiger partial charge on any atom is -0.507 e. The number of allylic oxidation sites excluding steroid dienone is 2. The molecule has 0 saturated carbocycles. The zero-order valence-electron chi connectivity index (χ0n) is 42.1. The van der Waals surface area contributed by atoms with Crippen molar-refractivity contribution in [2.45, 2.75) is 104 Å². The number of aromatic nitrogens is 1. The minimum atomic E-state index is -2.02. The van der Waals surface area contributed by atoms with Crippen molar-refractivity contribution in [2.75, 3.05) is 50.7 Å². The third-order valence-electron chi connectivity index (χ3n) is 14.1. The maximum atomic E-state index is 14.9. The fourth-order valence-corrected chi connectivity index (χ4v) is 9.77. The van der Waals surface area contributed by atoms with Crippen LogP contribution in [0.25, 0.3) is 38.7 Å². The smallest absolute Gasteiger partial charge is 0.407 e. The summed E-state index contributed by atoms with van der Waals surface area (Å²) in [6.45, 7) is 13.7. The summed E-state index contributed by atoms with van der Waals surface area (Å²) >= 11 is 0. The lowest BCUT2D eigenvalue weighted by atomic mass is 9.78. The van der Waals surface area contributed by atoms with Crippen molar-refractivity contribution in [1.82, 2.24) is 10.3 Å². The van der Waals surface area contributed by atoms with Crippen LogP contribution in [-0.4, -0.2) is 120 Å². The van der Waals surface area contributed by atoms with Crippen molar-refractivity contribution < 1.29 is 67.6 Å². The van der Waals surface area contributed by atoms with Gasteiger partial charge in [-0.2, -0.15) is 0 Å². The Hall–Kier alpha value is -6.74. The number of hydrogen-bond donors (Lipinski definition) is 6. The van der Waals surface area contributed by atoms with Crippen LogP contribution in [0.5, 0.6) is 11.5 Å². The number of nitrogens with one attached hydrogen (secondary N) is 2. The number of aromatic hydroxyl groups is 1. The van der Waals surface area contributed by atoms with E-state index >= 15 is 0 Å². The molecular weight excluding hydrogens is 937 g/mol. The van der Waals surface area contributed by atoms with Gasteiger partial charge in [0.2, 0.25) is 10.9 Å². The topological polar surface area (TPSA) is 275 Å². The number of methoxy groups -OCH3 is 2. The standard InChI is InChI=1S/C52H64N4O16/c1-24-12-11-13-25(2)50(64)55-41-45(62)37-36(40-48(41)71-35-23-32(22-33(58)39(35)54-40)56-17-14-31(15-18-56)53-51(65)68-21-20-66-9)38-47(29(6)44(37)61)72-52(8,49(38)63)69-19-16-34(67-10)26(3)46(70-30(7)57)28(5)43(60)27(4)42(24)59/h11-13,16,19,22-24,26-28,31,34,42-43,46,59-61,63H,14-15,17-18,20-21H2,1-10H3,(H,53,65)(H,55,64)/b12-11+,19-16+,25-13-/t24-,26+,27+,28+,34-,42-,43+,46+,52-/m0/s1. The molecular formula is C52H64N4O16. The molecule has 9 atom stereocenters. The van der Waals surface area contributed by atoms with Crippen molar-refractivity contribution >= 4 is 68.1 Å². The van der Waals surface area contributed by atoms with Gasteiger partial charge in [0, 0.05) is 105 Å². The number of fused-ring (bicyclic) bond motifs is 5. The van der Waals surface area contributed by atoms with Crippen molar-refractivity contribution in [3.05, 3.63) is 79.5 Å². The molecule has 2 amide bonds. The van der Waals surface area contributed by atoms with Gasteiger partial charge in [-0.05, 0) is 32.8 Å². The highest BCUT2D eigenvalue weighted by Crippen LogP contribution is 2.42. The fourth-order valence-electron chi connectivity index (χ4n) is 9.77. The lowest BCUT2D eigenvalue weighted by Crippen LogP contribution is -2.46. The fraction of sp³-hybridized carbons (Fsp3) is 0.500. The number of nitrogens with zero attached hydrogens (tertiary/aromatic N) is 2. The van der Waals surface area contributed by atoms with Gasteiger partial charge in [0.15, 0.2) is 22.4 Å². The Kier molecular flexibility index (Phi) is 15.9. The van der Waals surface area contributed by atoms with E-state index in [1.807, 2.05) is 4.90 Å². The number of esters is 1. The monoisotopic (exact) mass is 1000 g/mol. The van der Waals surface area contributed by atoms with Crippen LogP contribution in [0.3, 0.4) is 0 Å². The highest BCUT2D eigenvalue weighted by Gasteiger charge is 2.44. The van der Waals surface area contributed by atoms with Crippen LogP contribution in [0.2, 0.25) is 0 Å². The summed E-state index contributed by atoms with van der Waals surface area (Å²) in [6, 6.07) is 2.79. The first-order chi connectivity index (χ1) is 34.1. The van der Waals surface area contributed by atoms with Gasteiger partial charge in [0.05, 0.1) is 41.8 Å². The molecule has 4 heterocycles. The second-order valence-corrected chi connectivity index (χ2v) is 19.1. The predicted molar refractivity (Wildman–Crippen MR) is 267 cm³/mol. The number of amides is 2. The van der Waals surface area contributed by atoms with Crippen molar-refractivity contribution in [1.29, 1.82) is 0 Å². The molecule has 0 aliphatic carbocycles. The highest BCUT2D eigenvalue weighted by molar-refractivity contribution is 6.17. The number of benzene rings is 3. The molecule has 1 fully saturated rings. The molecule has 1 saturated heterocycles. The molecule has 3 aromatic carbocycles. The molecule has 6 N–H and O–H groups in total. The molecule has 0 unspecified atom stereocenters. The van der Waals surface area contributed by atoms with Crippen molar-refractivity contribution in [2.24, 2.45) is 23.7 Å². The second kappa shape index (κ2) is 21.5. The van der Waals surface area contributed by atoms with E-state index in [2.05, 4.69) is 10.6 Å². The van der Waals surface area contributed by atoms with Crippen LogP contribution in [0, 0.1) is 30.6 Å². The van der Waals surface area contributed by atoms with Gasteiger partial charge >= 0.3 is 17.8 Å². The zero-order valence-corrected chi connectivity index (χ0v) is 42.1. The number of aliphatic hydroxyl groups excluding tert-OH is 3. The molecule has 72 heavy (non-hydrogen) atoms. The van der Waals surface area contributed by atoms with Crippen LogP contribution in [0.15, 0.2) is 62.3 Å². The van der Waals surface area contributed by atoms with Gasteiger partial charge in [0.1, 0.15) is 35.4 Å². The summed E-state index contributed by atoms with van der Waals surface area (Å²) in [5, 5.41) is 52.1. The predicted octanol–water partition coefficient (Wildman–Crippen LogP) is 4.90. The quantitative estimate of drug-likeness (QED) is 0.0622. The van der Waals surface area contributed by atoms with E-state index in [1.165, 1.54) is 66.4 Å². The molecule has 0 spiro atoms. The molecule has 4 aromatic rings. The summed E-state index contributed by atoms with van der Waals surface area (Å²) in [4.78, 5) is 74.6. The number of rotatable bonds is 7. The summed E-state index contributed by atoms with van der Waals surface area (Å²) in [5.74, 6) is -7.19. The van der Waals surface area contributed by atoms with Crippen LogP contribution < -0.4 is 36.3 Å². The Labute approximate surface area is 414 Å². The second-order valence-electron chi connectivity index (χ2n) is 19.1. The van der Waals surface area contributed by atoms with E-state index in [-0.39, 0.29) is 74.3 Å². The summed E-state index contributed by atoms with van der Waals surface area (Å²) in [7, 11) is 2.94. The van der Waals surface area contributed by atoms with Gasteiger partial charge in [-0.25, -0.2) is 9.78 Å². The maximum Gasteiger partial charge on any atom is 0.407 e. The first-order valence-electron chi connectivity index (χ1n) is 23.9. The number of piperidine rings is 1. The lowest BCUT2D eigenvalue weighted by Gasteiger charge is -2.38. The Morgan fingerprint density at radius 3 is 2.32 bits per heavy atom. The van der Waals surface area contributed by atoms with Gasteiger partial charge in [-0.1, -0.05) is 45.9 Å². The number of phenolic OH excluding ortho intramolecular Hbond substituents is 1. The average molecular weight is 1000 g/mol. The Bertz CT molecular complexity index is 3030. The molecule has 20 heteroatoms. The van der Waals surface area contributed by atoms with Crippen LogP contribution in [-0.2, 0) is 33.3 Å². The molecule has 3 aliphatic rings. The Morgan fingerprint density at radius 1 is 0.944 bits per heavy atom. The zero-order chi connectivity index (χ0) is 52.5. The maximum absolute atomic E-state index is 14.9. The van der Waals surface area contributed by atoms with E-state index in [9.17, 15) is 44.4 Å². The van der Waals surface area contributed by atoms with Gasteiger partial charge < -0.3 is 68.8 Å². The number of hydrogen-bond acceptors (Lipinski definition) is 18. The summed E-state index contributed by atoms with van der Waals surface area (Å²) in [5.41, 5.74) is -1.96. The number of anilines is 2. The third-order valence-corrected chi connectivity index (χ3v) is 14.1. The first kappa shape index (κ1) is 53.1. The van der Waals surface area contributed by atoms with E-state index in [4.69, 9.17) is 37.8 Å². The first-order valence-corrected chi connectivity index (χ1v) is 23.9. The molecule has 388 valence electrons. The van der Waals surface area contributed by atoms with Crippen LogP contribution in [0.1, 0.15) is 66.9 Å². The minimum absolute atomic E-state index is 0.0281. The van der Waals surface area contributed by atoms with E-state index < -0.39 is 99.9 Å². The molecule has 1 aromatic heterocycles. The molecule has 0 radical (unpaired) electrons. The van der Waals surface area contributed by atoms with Crippen molar-refractivity contribution in [3.63, 3.8) is 0 Å². The Morgan fingerprint density at radius 2 is 1.65 bits per heavy atom. The molecule has 20 nitrogen and oxygen atoms in total. The lowest BCUT2D eigenvalue weighted by molar-refractivity contribution is -0.160. The van der Waals surface area contributed by atoms with Crippen molar-refractivity contribution in [3.8, 4) is 11.5 Å². The SMILES string of the molecule is COCCOC(=O)NC1CCN(c2cc(=O)c3nc4c(oc3c2)c2c(=O)c3c(O)c(C)c5c(c34)=C(O)[C@@](C)(O/C=C/[C@H](OC)[C@@H](C)[C@@H](OC(C)=O)[C@H](C)[C@H](O)[C@H](C)[C@@H](O)[C@@H](C)/C=C/C=C(/C)C(=O)N2)O5)CC1. The number of phenols is 1. The number of ether oxygens (including phenoxy) is 6. The number of carbonyl (C=O) groups excluding carboxylic acids is 3. The van der Waals surface area contributed by atoms with Crippen LogP contribution >= 0.6 is 0 Å². The normalized spacial score (nSPS) is 28.3. The highest BCUT2D eigenvalue weighted by atomic mass is 16.7. The van der Waals surface area contributed by atoms with Crippen LogP contribution in [0.4, 0.5) is 16.2 Å². The molecule has 7 rings (SSSR count). The Balaban J connectivity index is 1.40. The van der Waals surface area contributed by atoms with Gasteiger partial charge in [-0.3, -0.25) is 19.2 Å². The third kappa shape index (κ3) is 10.3. The number of alkyl carbamates (subject to hydrolysis) is 1. The molecule has 5 bridgehead atoms. The largest absolute Gasteiger partial charge is 0.507 e. The van der Waals surface area contributed by atoms with E-state index in [1.54, 1.807) is 45.9 Å².